The first kappa shape index (κ1) is 19.6. The van der Waals surface area contributed by atoms with Gasteiger partial charge in [-0.05, 0) is 37.1 Å². The van der Waals surface area contributed by atoms with Gasteiger partial charge in [0.2, 0.25) is 11.8 Å². The van der Waals surface area contributed by atoms with Gasteiger partial charge >= 0.3 is 5.97 Å². The Labute approximate surface area is 140 Å². The van der Waals surface area contributed by atoms with Crippen LogP contribution < -0.4 is 22.1 Å². The summed E-state index contributed by atoms with van der Waals surface area (Å²) in [6.45, 7) is 1.76. The molecule has 8 nitrogen and oxygen atoms in total. The van der Waals surface area contributed by atoms with E-state index in [1.165, 1.54) is 6.92 Å². The summed E-state index contributed by atoms with van der Waals surface area (Å²) in [7, 11) is 0. The molecular formula is C16H24N4O4. The van der Waals surface area contributed by atoms with E-state index in [9.17, 15) is 14.4 Å². The number of carbonyl (C=O) groups is 3. The predicted octanol–water partition coefficient (Wildman–Crippen LogP) is -0.129. The van der Waals surface area contributed by atoms with Gasteiger partial charge in [-0.2, -0.15) is 0 Å². The van der Waals surface area contributed by atoms with E-state index in [1.54, 1.807) is 24.3 Å². The lowest BCUT2D eigenvalue weighted by Crippen LogP contribution is -2.46. The van der Waals surface area contributed by atoms with E-state index in [1.807, 2.05) is 0 Å². The summed E-state index contributed by atoms with van der Waals surface area (Å²) in [5, 5.41) is 5.31. The molecule has 1 unspecified atom stereocenters. The van der Waals surface area contributed by atoms with Crippen LogP contribution in [0.4, 0.5) is 5.69 Å². The van der Waals surface area contributed by atoms with Gasteiger partial charge < -0.3 is 26.8 Å². The smallest absolute Gasteiger partial charge is 0.302 e. The minimum absolute atomic E-state index is 0.176. The number of esters is 1. The average molecular weight is 336 g/mol. The minimum Gasteiger partial charge on any atom is -0.461 e. The van der Waals surface area contributed by atoms with E-state index < -0.39 is 11.9 Å². The van der Waals surface area contributed by atoms with Crippen LogP contribution >= 0.6 is 0 Å². The molecule has 1 aromatic rings. The van der Waals surface area contributed by atoms with E-state index in [-0.39, 0.29) is 25.0 Å². The van der Waals surface area contributed by atoms with Crippen LogP contribution in [0, 0.1) is 0 Å². The van der Waals surface area contributed by atoms with Crippen molar-refractivity contribution in [2.24, 2.45) is 11.5 Å². The lowest BCUT2D eigenvalue weighted by atomic mass is 10.1. The summed E-state index contributed by atoms with van der Waals surface area (Å²) in [6, 6.07) is 6.19. The van der Waals surface area contributed by atoms with Gasteiger partial charge in [-0.15, -0.1) is 0 Å². The van der Waals surface area contributed by atoms with Gasteiger partial charge in [-0.3, -0.25) is 14.4 Å². The highest BCUT2D eigenvalue weighted by Gasteiger charge is 2.19. The number of carbonyl (C=O) groups excluding carboxylic acids is 3. The van der Waals surface area contributed by atoms with Crippen molar-refractivity contribution in [1.82, 2.24) is 5.32 Å². The van der Waals surface area contributed by atoms with Crippen LogP contribution in [-0.2, 0) is 25.7 Å². The molecule has 8 heteroatoms. The van der Waals surface area contributed by atoms with Crippen molar-refractivity contribution in [2.45, 2.75) is 32.4 Å². The van der Waals surface area contributed by atoms with Gasteiger partial charge in [-0.1, -0.05) is 12.1 Å². The maximum Gasteiger partial charge on any atom is 0.302 e. The minimum atomic E-state index is -0.690. The first-order valence-electron chi connectivity index (χ1n) is 7.69. The van der Waals surface area contributed by atoms with Crippen LogP contribution in [0.1, 0.15) is 25.3 Å². The molecule has 1 aromatic carbocycles. The van der Waals surface area contributed by atoms with Gasteiger partial charge in [-0.25, -0.2) is 0 Å². The summed E-state index contributed by atoms with van der Waals surface area (Å²) in [5.74, 6) is -1.09. The second kappa shape index (κ2) is 10.3. The molecule has 24 heavy (non-hydrogen) atoms. The van der Waals surface area contributed by atoms with E-state index in [0.717, 1.165) is 5.56 Å². The summed E-state index contributed by atoms with van der Waals surface area (Å²) >= 11 is 0. The van der Waals surface area contributed by atoms with Crippen molar-refractivity contribution in [3.05, 3.63) is 29.8 Å². The Kier molecular flexibility index (Phi) is 8.45. The lowest BCUT2D eigenvalue weighted by molar-refractivity contribution is -0.142. The van der Waals surface area contributed by atoms with E-state index in [0.29, 0.717) is 25.1 Å². The summed E-state index contributed by atoms with van der Waals surface area (Å²) < 4.78 is 4.89. The number of anilines is 1. The quantitative estimate of drug-likeness (QED) is 0.464. The second-order valence-electron chi connectivity index (χ2n) is 5.22. The maximum atomic E-state index is 12.3. The number of hydrogen-bond donors (Lipinski definition) is 4. The maximum absolute atomic E-state index is 12.3. The number of nitrogens with two attached hydrogens (primary N) is 2. The Hall–Kier alpha value is -2.45. The van der Waals surface area contributed by atoms with Crippen molar-refractivity contribution in [3.63, 3.8) is 0 Å². The number of ether oxygens (including phenoxy) is 1. The molecule has 0 fully saturated rings. The third-order valence-corrected chi connectivity index (χ3v) is 3.20. The summed E-state index contributed by atoms with van der Waals surface area (Å²) in [5.41, 5.74) is 12.1. The van der Waals surface area contributed by atoms with Crippen LogP contribution in [0.5, 0.6) is 0 Å². The van der Waals surface area contributed by atoms with E-state index in [4.69, 9.17) is 16.2 Å². The Morgan fingerprint density at radius 2 is 1.83 bits per heavy atom. The van der Waals surface area contributed by atoms with Crippen molar-refractivity contribution >= 4 is 23.5 Å². The molecule has 0 heterocycles. The number of nitrogens with one attached hydrogen (secondary N) is 2. The highest BCUT2D eigenvalue weighted by Crippen LogP contribution is 2.12. The second-order valence-corrected chi connectivity index (χ2v) is 5.22. The normalized spacial score (nSPS) is 11.5. The van der Waals surface area contributed by atoms with Gasteiger partial charge in [0, 0.05) is 12.6 Å². The molecular weight excluding hydrogens is 312 g/mol. The molecule has 0 radical (unpaired) electrons. The SMILES string of the molecule is CC(=O)OCc1ccc(NC(=O)C(CCCN)NC(=O)CN)cc1. The van der Waals surface area contributed by atoms with Crippen LogP contribution in [0.15, 0.2) is 24.3 Å². The molecule has 0 saturated heterocycles. The van der Waals surface area contributed by atoms with Crippen LogP contribution in [0.25, 0.3) is 0 Å². The molecule has 1 atom stereocenters. The van der Waals surface area contributed by atoms with Crippen molar-refractivity contribution in [3.8, 4) is 0 Å². The molecule has 0 aromatic heterocycles. The molecule has 0 aliphatic carbocycles. The van der Waals surface area contributed by atoms with E-state index in [2.05, 4.69) is 10.6 Å². The molecule has 0 saturated carbocycles. The Bertz CT molecular complexity index is 560. The molecule has 0 bridgehead atoms. The number of hydrogen-bond acceptors (Lipinski definition) is 6. The summed E-state index contributed by atoms with van der Waals surface area (Å²) in [6.07, 6.45) is 1.03. The Morgan fingerprint density at radius 3 is 2.38 bits per heavy atom. The fourth-order valence-corrected chi connectivity index (χ4v) is 1.94. The summed E-state index contributed by atoms with van der Waals surface area (Å²) in [4.78, 5) is 34.5. The third-order valence-electron chi connectivity index (χ3n) is 3.20. The lowest BCUT2D eigenvalue weighted by Gasteiger charge is -2.18. The molecule has 132 valence electrons. The fraction of sp³-hybridized carbons (Fsp3) is 0.438. The van der Waals surface area contributed by atoms with Gasteiger partial charge in [0.15, 0.2) is 0 Å². The van der Waals surface area contributed by atoms with Crippen molar-refractivity contribution < 1.29 is 19.1 Å². The first-order valence-corrected chi connectivity index (χ1v) is 7.69. The van der Waals surface area contributed by atoms with Crippen LogP contribution in [0.2, 0.25) is 0 Å². The average Bonchev–Trinajstić information content (AvgIpc) is 2.57. The predicted molar refractivity (Wildman–Crippen MR) is 89.8 cm³/mol. The number of benzene rings is 1. The zero-order valence-electron chi connectivity index (χ0n) is 13.7. The highest BCUT2D eigenvalue weighted by molar-refractivity contribution is 5.97. The van der Waals surface area contributed by atoms with E-state index >= 15 is 0 Å². The van der Waals surface area contributed by atoms with Crippen LogP contribution in [0.3, 0.4) is 0 Å². The third kappa shape index (κ3) is 7.21. The largest absolute Gasteiger partial charge is 0.461 e. The number of amides is 2. The highest BCUT2D eigenvalue weighted by atomic mass is 16.5. The van der Waals surface area contributed by atoms with Crippen molar-refractivity contribution in [2.75, 3.05) is 18.4 Å². The molecule has 0 aliphatic heterocycles. The zero-order chi connectivity index (χ0) is 17.9. The molecule has 6 N–H and O–H groups in total. The Balaban J connectivity index is 2.64. The Morgan fingerprint density at radius 1 is 1.17 bits per heavy atom. The number of rotatable bonds is 9. The molecule has 1 rings (SSSR count). The molecule has 2 amide bonds. The first-order chi connectivity index (χ1) is 11.5. The van der Waals surface area contributed by atoms with Crippen LogP contribution in [-0.4, -0.2) is 36.9 Å². The topological polar surface area (TPSA) is 137 Å². The molecule has 0 spiro atoms. The zero-order valence-corrected chi connectivity index (χ0v) is 13.7. The van der Waals surface area contributed by atoms with Gasteiger partial charge in [0.25, 0.3) is 0 Å². The monoisotopic (exact) mass is 336 g/mol. The fourth-order valence-electron chi connectivity index (χ4n) is 1.94. The molecule has 0 aliphatic rings. The van der Waals surface area contributed by atoms with Gasteiger partial charge in [0.05, 0.1) is 6.54 Å². The van der Waals surface area contributed by atoms with Gasteiger partial charge in [0.1, 0.15) is 12.6 Å². The standard InChI is InChI=1S/C16H24N4O4/c1-11(21)24-10-12-4-6-13(7-5-12)19-16(23)14(3-2-8-17)20-15(22)9-18/h4-7,14H,2-3,8-10,17-18H2,1H3,(H,19,23)(H,20,22). The van der Waals surface area contributed by atoms with Crippen molar-refractivity contribution in [1.29, 1.82) is 0 Å².